The molecule has 0 saturated heterocycles. The Morgan fingerprint density at radius 3 is 2.50 bits per heavy atom. The maximum Gasteiger partial charge on any atom is 0.154 e. The smallest absolute Gasteiger partial charge is 0.154 e. The van der Waals surface area contributed by atoms with Gasteiger partial charge in [-0.3, -0.25) is 4.79 Å². The van der Waals surface area contributed by atoms with Gasteiger partial charge in [-0.1, -0.05) is 62.8 Å². The van der Waals surface area contributed by atoms with Gasteiger partial charge < -0.3 is 0 Å². The number of rotatable bonds is 4. The molecule has 2 heteroatoms. The predicted octanol–water partition coefficient (Wildman–Crippen LogP) is 4.53. The Kier molecular flexibility index (Phi) is 5.35. The molecule has 0 aliphatic heterocycles. The average molecular weight is 269 g/mol. The zero-order valence-electron chi connectivity index (χ0n) is 12.3. The molecule has 1 aromatic carbocycles. The minimum atomic E-state index is -0.584. The third-order valence-electron chi connectivity index (χ3n) is 4.42. The average Bonchev–Trinajstić information content (AvgIpc) is 2.70. The fourth-order valence-electron chi connectivity index (χ4n) is 3.20. The van der Waals surface area contributed by atoms with Crippen molar-refractivity contribution in [2.24, 2.45) is 5.92 Å². The van der Waals surface area contributed by atoms with Crippen molar-refractivity contribution in [2.45, 2.75) is 57.8 Å². The molecule has 1 aliphatic carbocycles. The van der Waals surface area contributed by atoms with Crippen molar-refractivity contribution in [3.63, 3.8) is 0 Å². The summed E-state index contributed by atoms with van der Waals surface area (Å²) in [6, 6.07) is 9.95. The Bertz CT molecular complexity index is 492. The summed E-state index contributed by atoms with van der Waals surface area (Å²) in [6.07, 6.45) is 7.94. The molecule has 0 spiro atoms. The van der Waals surface area contributed by atoms with Crippen molar-refractivity contribution < 1.29 is 4.79 Å². The minimum absolute atomic E-state index is 0.105. The zero-order valence-corrected chi connectivity index (χ0v) is 12.3. The quantitative estimate of drug-likeness (QED) is 0.753. The first-order valence-corrected chi connectivity index (χ1v) is 7.70. The Hall–Kier alpha value is -1.62. The van der Waals surface area contributed by atoms with Crippen LogP contribution in [0.4, 0.5) is 0 Å². The Balaban J connectivity index is 2.06. The van der Waals surface area contributed by atoms with Gasteiger partial charge in [-0.2, -0.15) is 5.26 Å². The normalized spacial score (nSPS) is 18.0. The topological polar surface area (TPSA) is 40.9 Å². The number of benzene rings is 1. The van der Waals surface area contributed by atoms with E-state index in [1.165, 1.54) is 25.7 Å². The van der Waals surface area contributed by atoms with Crippen LogP contribution in [0, 0.1) is 24.2 Å². The lowest BCUT2D eigenvalue weighted by atomic mass is 9.85. The van der Waals surface area contributed by atoms with Gasteiger partial charge in [0.1, 0.15) is 5.92 Å². The van der Waals surface area contributed by atoms with Gasteiger partial charge >= 0.3 is 0 Å². The molecule has 2 rings (SSSR count). The lowest BCUT2D eigenvalue weighted by Gasteiger charge is -2.16. The summed E-state index contributed by atoms with van der Waals surface area (Å²) in [5.41, 5.74) is 1.92. The summed E-state index contributed by atoms with van der Waals surface area (Å²) >= 11 is 0. The SMILES string of the molecule is Cc1ccccc1C(C#N)C(=O)CC1CCCCCC1. The Morgan fingerprint density at radius 1 is 1.25 bits per heavy atom. The summed E-state index contributed by atoms with van der Waals surface area (Å²) in [5, 5.41) is 9.39. The molecular weight excluding hydrogens is 246 g/mol. The molecule has 106 valence electrons. The highest BCUT2D eigenvalue weighted by Gasteiger charge is 2.25. The summed E-state index contributed by atoms with van der Waals surface area (Å²) in [7, 11) is 0. The molecule has 1 aromatic rings. The lowest BCUT2D eigenvalue weighted by molar-refractivity contribution is -0.120. The van der Waals surface area contributed by atoms with Crippen LogP contribution in [0.25, 0.3) is 0 Å². The third kappa shape index (κ3) is 3.70. The number of ketones is 1. The van der Waals surface area contributed by atoms with Gasteiger partial charge in [0, 0.05) is 6.42 Å². The number of nitrogens with zero attached hydrogens (tertiary/aromatic N) is 1. The van der Waals surface area contributed by atoms with Crippen LogP contribution in [-0.2, 0) is 4.79 Å². The van der Waals surface area contributed by atoms with Gasteiger partial charge in [0.25, 0.3) is 0 Å². The monoisotopic (exact) mass is 269 g/mol. The van der Waals surface area contributed by atoms with Crippen LogP contribution in [0.1, 0.15) is 62.0 Å². The van der Waals surface area contributed by atoms with Gasteiger partial charge in [0.15, 0.2) is 5.78 Å². The van der Waals surface area contributed by atoms with E-state index in [4.69, 9.17) is 0 Å². The van der Waals surface area contributed by atoms with Crippen LogP contribution in [-0.4, -0.2) is 5.78 Å². The number of hydrogen-bond donors (Lipinski definition) is 0. The molecule has 1 unspecified atom stereocenters. The van der Waals surface area contributed by atoms with E-state index >= 15 is 0 Å². The van der Waals surface area contributed by atoms with Crippen LogP contribution >= 0.6 is 0 Å². The standard InChI is InChI=1S/C18H23NO/c1-14-8-6-7-11-16(14)17(13-19)18(20)12-15-9-4-2-3-5-10-15/h6-8,11,15,17H,2-5,9-10,12H2,1H3. The Labute approximate surface area is 121 Å². The first kappa shape index (κ1) is 14.8. The zero-order chi connectivity index (χ0) is 14.4. The number of nitriles is 1. The van der Waals surface area contributed by atoms with Crippen LogP contribution in [0.15, 0.2) is 24.3 Å². The summed E-state index contributed by atoms with van der Waals surface area (Å²) < 4.78 is 0. The second kappa shape index (κ2) is 7.24. The van der Waals surface area contributed by atoms with Crippen molar-refractivity contribution >= 4 is 5.78 Å². The summed E-state index contributed by atoms with van der Waals surface area (Å²) in [5.74, 6) is 0.0121. The highest BCUT2D eigenvalue weighted by Crippen LogP contribution is 2.29. The molecule has 0 amide bonds. The van der Waals surface area contributed by atoms with E-state index in [1.807, 2.05) is 31.2 Å². The van der Waals surface area contributed by atoms with Crippen LogP contribution in [0.2, 0.25) is 0 Å². The van der Waals surface area contributed by atoms with Crippen LogP contribution in [0.3, 0.4) is 0 Å². The first-order chi connectivity index (χ1) is 9.72. The number of carbonyl (C=O) groups is 1. The van der Waals surface area contributed by atoms with Gasteiger partial charge in [-0.15, -0.1) is 0 Å². The predicted molar refractivity (Wildman–Crippen MR) is 80.3 cm³/mol. The van der Waals surface area contributed by atoms with E-state index in [0.717, 1.165) is 24.0 Å². The maximum absolute atomic E-state index is 12.5. The molecule has 0 N–H and O–H groups in total. The molecular formula is C18H23NO. The number of hydrogen-bond acceptors (Lipinski definition) is 2. The number of aryl methyl sites for hydroxylation is 1. The molecule has 1 aliphatic rings. The largest absolute Gasteiger partial charge is 0.298 e. The molecule has 2 nitrogen and oxygen atoms in total. The molecule has 0 bridgehead atoms. The molecule has 20 heavy (non-hydrogen) atoms. The Morgan fingerprint density at radius 2 is 1.90 bits per heavy atom. The lowest BCUT2D eigenvalue weighted by Crippen LogP contribution is -2.16. The first-order valence-electron chi connectivity index (χ1n) is 7.70. The van der Waals surface area contributed by atoms with E-state index in [2.05, 4.69) is 6.07 Å². The molecule has 0 radical (unpaired) electrons. The third-order valence-corrected chi connectivity index (χ3v) is 4.42. The molecule has 0 heterocycles. The number of Topliss-reactive ketones (excluding diaryl/α,β-unsaturated/α-hetero) is 1. The minimum Gasteiger partial charge on any atom is -0.298 e. The van der Waals surface area contributed by atoms with Crippen molar-refractivity contribution in [1.29, 1.82) is 5.26 Å². The van der Waals surface area contributed by atoms with E-state index in [0.29, 0.717) is 12.3 Å². The van der Waals surface area contributed by atoms with Crippen molar-refractivity contribution in [2.75, 3.05) is 0 Å². The van der Waals surface area contributed by atoms with E-state index < -0.39 is 5.92 Å². The summed E-state index contributed by atoms with van der Waals surface area (Å²) in [6.45, 7) is 1.97. The van der Waals surface area contributed by atoms with Gasteiger partial charge in [-0.25, -0.2) is 0 Å². The van der Waals surface area contributed by atoms with Crippen molar-refractivity contribution in [1.82, 2.24) is 0 Å². The molecule has 1 saturated carbocycles. The summed E-state index contributed by atoms with van der Waals surface area (Å²) in [4.78, 5) is 12.5. The number of carbonyl (C=O) groups excluding carboxylic acids is 1. The molecule has 0 aromatic heterocycles. The maximum atomic E-state index is 12.5. The molecule has 1 atom stereocenters. The second-order valence-corrected chi connectivity index (χ2v) is 5.95. The van der Waals surface area contributed by atoms with Crippen LogP contribution < -0.4 is 0 Å². The van der Waals surface area contributed by atoms with Gasteiger partial charge in [0.2, 0.25) is 0 Å². The highest BCUT2D eigenvalue weighted by molar-refractivity contribution is 5.88. The molecule has 1 fully saturated rings. The van der Waals surface area contributed by atoms with Crippen molar-refractivity contribution in [3.8, 4) is 6.07 Å². The van der Waals surface area contributed by atoms with Gasteiger partial charge in [-0.05, 0) is 24.0 Å². The van der Waals surface area contributed by atoms with E-state index in [-0.39, 0.29) is 5.78 Å². The fraction of sp³-hybridized carbons (Fsp3) is 0.556. The second-order valence-electron chi connectivity index (χ2n) is 5.95. The van der Waals surface area contributed by atoms with E-state index in [1.54, 1.807) is 0 Å². The van der Waals surface area contributed by atoms with Gasteiger partial charge in [0.05, 0.1) is 6.07 Å². The van der Waals surface area contributed by atoms with Crippen molar-refractivity contribution in [3.05, 3.63) is 35.4 Å². The highest BCUT2D eigenvalue weighted by atomic mass is 16.1. The fourth-order valence-corrected chi connectivity index (χ4v) is 3.20. The van der Waals surface area contributed by atoms with Crippen LogP contribution in [0.5, 0.6) is 0 Å². The van der Waals surface area contributed by atoms with E-state index in [9.17, 15) is 10.1 Å².